The first kappa shape index (κ1) is 16.6. The highest BCUT2D eigenvalue weighted by molar-refractivity contribution is 9.10. The summed E-state index contributed by atoms with van der Waals surface area (Å²) < 4.78 is 8.32. The van der Waals surface area contributed by atoms with Gasteiger partial charge in [0.2, 0.25) is 0 Å². The maximum Gasteiger partial charge on any atom is 0.104 e. The number of benzene rings is 1. The highest BCUT2D eigenvalue weighted by Crippen LogP contribution is 2.24. The molecule has 0 N–H and O–H groups in total. The summed E-state index contributed by atoms with van der Waals surface area (Å²) in [7, 11) is 0. The molecule has 1 aromatic carbocycles. The van der Waals surface area contributed by atoms with Crippen LogP contribution in [0.25, 0.3) is 22.3 Å². The third kappa shape index (κ3) is 3.89. The lowest BCUT2D eigenvalue weighted by molar-refractivity contribution is 0.0368. The SMILES string of the molecule is Brc1cccc2ncc(-c3cnn(CCCN4CCOCC4)c3)nc12. The maximum atomic E-state index is 5.38. The zero-order chi connectivity index (χ0) is 17.1. The number of hydrogen-bond acceptors (Lipinski definition) is 5. The van der Waals surface area contributed by atoms with Gasteiger partial charge in [-0.15, -0.1) is 0 Å². The molecular weight excluding hydrogens is 382 g/mol. The van der Waals surface area contributed by atoms with Gasteiger partial charge in [0.1, 0.15) is 5.52 Å². The molecule has 130 valence electrons. The second-order valence-corrected chi connectivity index (χ2v) is 7.02. The van der Waals surface area contributed by atoms with Crippen molar-refractivity contribution in [2.75, 3.05) is 32.8 Å². The van der Waals surface area contributed by atoms with Crippen LogP contribution >= 0.6 is 15.9 Å². The van der Waals surface area contributed by atoms with E-state index >= 15 is 0 Å². The molecule has 0 unspecified atom stereocenters. The monoisotopic (exact) mass is 401 g/mol. The van der Waals surface area contributed by atoms with Crippen LogP contribution in [0.15, 0.2) is 41.3 Å². The van der Waals surface area contributed by atoms with Crippen molar-refractivity contribution in [1.82, 2.24) is 24.6 Å². The molecule has 0 spiro atoms. The number of para-hydroxylation sites is 1. The van der Waals surface area contributed by atoms with Crippen LogP contribution in [0.4, 0.5) is 0 Å². The minimum absolute atomic E-state index is 0.846. The minimum atomic E-state index is 0.846. The number of fused-ring (bicyclic) bond motifs is 1. The van der Waals surface area contributed by atoms with Crippen molar-refractivity contribution in [3.05, 3.63) is 41.3 Å². The van der Waals surface area contributed by atoms with E-state index < -0.39 is 0 Å². The maximum absolute atomic E-state index is 5.38. The van der Waals surface area contributed by atoms with Crippen LogP contribution in [0.1, 0.15) is 6.42 Å². The standard InChI is InChI=1S/C18H20BrN5O/c19-15-3-1-4-16-18(15)22-17(12-20-16)14-11-21-24(13-14)6-2-5-23-7-9-25-10-8-23/h1,3-4,11-13H,2,5-10H2. The van der Waals surface area contributed by atoms with Crippen LogP contribution in [0.3, 0.4) is 0 Å². The third-order valence-electron chi connectivity index (χ3n) is 4.42. The Morgan fingerprint density at radius 2 is 2.00 bits per heavy atom. The van der Waals surface area contributed by atoms with E-state index in [-0.39, 0.29) is 0 Å². The van der Waals surface area contributed by atoms with Crippen molar-refractivity contribution in [3.63, 3.8) is 0 Å². The molecule has 0 aliphatic carbocycles. The first-order valence-corrected chi connectivity index (χ1v) is 9.33. The van der Waals surface area contributed by atoms with Crippen LogP contribution < -0.4 is 0 Å². The van der Waals surface area contributed by atoms with Gasteiger partial charge in [0.25, 0.3) is 0 Å². The lowest BCUT2D eigenvalue weighted by Crippen LogP contribution is -2.37. The molecular formula is C18H20BrN5O. The molecule has 1 saturated heterocycles. The number of hydrogen-bond donors (Lipinski definition) is 0. The first-order valence-electron chi connectivity index (χ1n) is 8.54. The molecule has 3 aromatic rings. The van der Waals surface area contributed by atoms with Crippen molar-refractivity contribution in [3.8, 4) is 11.3 Å². The van der Waals surface area contributed by atoms with Crippen LogP contribution in [0.2, 0.25) is 0 Å². The summed E-state index contributed by atoms with van der Waals surface area (Å²) in [6, 6.07) is 5.91. The Labute approximate surface area is 155 Å². The Morgan fingerprint density at radius 1 is 1.12 bits per heavy atom. The van der Waals surface area contributed by atoms with Crippen LogP contribution in [0.5, 0.6) is 0 Å². The fourth-order valence-corrected chi connectivity index (χ4v) is 3.48. The highest BCUT2D eigenvalue weighted by Gasteiger charge is 2.10. The number of nitrogens with zero attached hydrogens (tertiary/aromatic N) is 5. The number of aryl methyl sites for hydroxylation is 1. The lowest BCUT2D eigenvalue weighted by Gasteiger charge is -2.26. The third-order valence-corrected chi connectivity index (χ3v) is 5.06. The van der Waals surface area contributed by atoms with Gasteiger partial charge in [0.05, 0.1) is 36.8 Å². The summed E-state index contributed by atoms with van der Waals surface area (Å²) in [5.41, 5.74) is 3.60. The number of rotatable bonds is 5. The summed E-state index contributed by atoms with van der Waals surface area (Å²) in [6.45, 7) is 5.76. The van der Waals surface area contributed by atoms with E-state index in [4.69, 9.17) is 9.72 Å². The van der Waals surface area contributed by atoms with E-state index in [1.807, 2.05) is 41.5 Å². The molecule has 2 aromatic heterocycles. The molecule has 6 nitrogen and oxygen atoms in total. The van der Waals surface area contributed by atoms with Gasteiger partial charge in [-0.1, -0.05) is 6.07 Å². The van der Waals surface area contributed by atoms with Crippen molar-refractivity contribution in [2.24, 2.45) is 0 Å². The minimum Gasteiger partial charge on any atom is -0.379 e. The average Bonchev–Trinajstić information content (AvgIpc) is 3.12. The Bertz CT molecular complexity index is 860. The summed E-state index contributed by atoms with van der Waals surface area (Å²) in [5, 5.41) is 4.47. The van der Waals surface area contributed by atoms with E-state index in [2.05, 4.69) is 30.9 Å². The smallest absolute Gasteiger partial charge is 0.104 e. The second kappa shape index (κ2) is 7.59. The van der Waals surface area contributed by atoms with Gasteiger partial charge in [-0.2, -0.15) is 5.10 Å². The van der Waals surface area contributed by atoms with Gasteiger partial charge in [0.15, 0.2) is 0 Å². The zero-order valence-electron chi connectivity index (χ0n) is 13.9. The largest absolute Gasteiger partial charge is 0.379 e. The van der Waals surface area contributed by atoms with E-state index in [0.29, 0.717) is 0 Å². The van der Waals surface area contributed by atoms with Crippen LogP contribution in [0, 0.1) is 0 Å². The van der Waals surface area contributed by atoms with Crippen LogP contribution in [-0.2, 0) is 11.3 Å². The van der Waals surface area contributed by atoms with Gasteiger partial charge in [-0.05, 0) is 34.5 Å². The van der Waals surface area contributed by atoms with Gasteiger partial charge >= 0.3 is 0 Å². The summed E-state index contributed by atoms with van der Waals surface area (Å²) in [5.74, 6) is 0. The molecule has 0 bridgehead atoms. The van der Waals surface area contributed by atoms with E-state index in [0.717, 1.165) is 72.6 Å². The van der Waals surface area contributed by atoms with E-state index in [9.17, 15) is 0 Å². The molecule has 4 rings (SSSR count). The molecule has 0 radical (unpaired) electrons. The Hall–Kier alpha value is -1.83. The molecule has 0 amide bonds. The number of aromatic nitrogens is 4. The van der Waals surface area contributed by atoms with Crippen LogP contribution in [-0.4, -0.2) is 57.5 Å². The van der Waals surface area contributed by atoms with E-state index in [1.165, 1.54) is 0 Å². The topological polar surface area (TPSA) is 56.1 Å². The predicted molar refractivity (Wildman–Crippen MR) is 100 cm³/mol. The molecule has 0 saturated carbocycles. The van der Waals surface area contributed by atoms with Gasteiger partial charge in [0, 0.05) is 42.4 Å². The van der Waals surface area contributed by atoms with Crippen molar-refractivity contribution in [1.29, 1.82) is 0 Å². The van der Waals surface area contributed by atoms with Gasteiger partial charge in [-0.3, -0.25) is 14.6 Å². The molecule has 1 aliphatic rings. The summed E-state index contributed by atoms with van der Waals surface area (Å²) in [4.78, 5) is 11.7. The van der Waals surface area contributed by atoms with Crippen molar-refractivity contribution < 1.29 is 4.74 Å². The molecule has 25 heavy (non-hydrogen) atoms. The van der Waals surface area contributed by atoms with Crippen molar-refractivity contribution >= 4 is 27.0 Å². The second-order valence-electron chi connectivity index (χ2n) is 6.16. The predicted octanol–water partition coefficient (Wildman–Crippen LogP) is 2.98. The molecule has 0 atom stereocenters. The summed E-state index contributed by atoms with van der Waals surface area (Å²) >= 11 is 3.54. The van der Waals surface area contributed by atoms with Gasteiger partial charge in [-0.25, -0.2) is 4.98 Å². The quantitative estimate of drug-likeness (QED) is 0.657. The van der Waals surface area contributed by atoms with E-state index in [1.54, 1.807) is 0 Å². The number of halogens is 1. The molecule has 3 heterocycles. The number of ether oxygens (including phenoxy) is 1. The zero-order valence-corrected chi connectivity index (χ0v) is 15.5. The Morgan fingerprint density at radius 3 is 2.88 bits per heavy atom. The molecule has 1 fully saturated rings. The lowest BCUT2D eigenvalue weighted by atomic mass is 10.2. The van der Waals surface area contributed by atoms with Crippen molar-refractivity contribution in [2.45, 2.75) is 13.0 Å². The fourth-order valence-electron chi connectivity index (χ4n) is 3.04. The Balaban J connectivity index is 1.43. The number of morpholine rings is 1. The van der Waals surface area contributed by atoms with Gasteiger partial charge < -0.3 is 4.74 Å². The molecule has 1 aliphatic heterocycles. The fraction of sp³-hybridized carbons (Fsp3) is 0.389. The normalized spacial score (nSPS) is 15.7. The first-order chi connectivity index (χ1) is 12.3. The highest BCUT2D eigenvalue weighted by atomic mass is 79.9. The summed E-state index contributed by atoms with van der Waals surface area (Å²) in [6.07, 6.45) is 6.80. The Kier molecular flexibility index (Phi) is 5.05. The molecule has 7 heteroatoms. The average molecular weight is 402 g/mol.